The maximum atomic E-state index is 12.7. The minimum absolute atomic E-state index is 0.00111. The second-order valence-electron chi connectivity index (χ2n) is 7.80. The monoisotopic (exact) mass is 396 g/mol. The smallest absolute Gasteiger partial charge is 0.256 e. The highest BCUT2D eigenvalue weighted by Crippen LogP contribution is 2.21. The SMILES string of the molecule is CCc1ncc(C(=O)N(C)C[C@H]2CCCN(CCc3ccccc3OC)C2)cn1. The number of nitrogens with zero attached hydrogens (tertiary/aromatic N) is 4. The molecule has 1 saturated heterocycles. The molecule has 1 aliphatic heterocycles. The van der Waals surface area contributed by atoms with Gasteiger partial charge in [0.2, 0.25) is 0 Å². The molecule has 1 aromatic carbocycles. The van der Waals surface area contributed by atoms with E-state index in [0.717, 1.165) is 57.0 Å². The maximum Gasteiger partial charge on any atom is 0.256 e. The van der Waals surface area contributed by atoms with Gasteiger partial charge in [-0.05, 0) is 43.4 Å². The molecule has 0 aliphatic carbocycles. The van der Waals surface area contributed by atoms with Crippen molar-refractivity contribution in [1.82, 2.24) is 19.8 Å². The van der Waals surface area contributed by atoms with E-state index < -0.39 is 0 Å². The van der Waals surface area contributed by atoms with Crippen LogP contribution >= 0.6 is 0 Å². The predicted molar refractivity (Wildman–Crippen MR) is 114 cm³/mol. The first-order valence-electron chi connectivity index (χ1n) is 10.5. The Morgan fingerprint density at radius 2 is 2.03 bits per heavy atom. The van der Waals surface area contributed by atoms with Crippen LogP contribution in [0.4, 0.5) is 0 Å². The Morgan fingerprint density at radius 3 is 2.76 bits per heavy atom. The van der Waals surface area contributed by atoms with Gasteiger partial charge in [0, 0.05) is 45.5 Å². The molecule has 0 unspecified atom stereocenters. The highest BCUT2D eigenvalue weighted by Gasteiger charge is 2.23. The molecule has 0 radical (unpaired) electrons. The topological polar surface area (TPSA) is 58.6 Å². The van der Waals surface area contributed by atoms with Gasteiger partial charge in [0.15, 0.2) is 0 Å². The van der Waals surface area contributed by atoms with Crippen molar-refractivity contribution in [2.24, 2.45) is 5.92 Å². The number of aromatic nitrogens is 2. The number of piperidine rings is 1. The van der Waals surface area contributed by atoms with Gasteiger partial charge in [-0.2, -0.15) is 0 Å². The van der Waals surface area contributed by atoms with E-state index in [-0.39, 0.29) is 5.91 Å². The van der Waals surface area contributed by atoms with Crippen LogP contribution in [0.3, 0.4) is 0 Å². The lowest BCUT2D eigenvalue weighted by molar-refractivity contribution is 0.0729. The fraction of sp³-hybridized carbons (Fsp3) is 0.522. The lowest BCUT2D eigenvalue weighted by atomic mass is 9.97. The number of ether oxygens (including phenoxy) is 1. The number of likely N-dealkylation sites (tertiary alicyclic amines) is 1. The molecule has 1 aliphatic rings. The summed E-state index contributed by atoms with van der Waals surface area (Å²) in [5, 5.41) is 0. The average Bonchev–Trinajstić information content (AvgIpc) is 2.77. The van der Waals surface area contributed by atoms with Crippen molar-refractivity contribution in [2.75, 3.05) is 40.3 Å². The van der Waals surface area contributed by atoms with Gasteiger partial charge in [0.05, 0.1) is 12.7 Å². The zero-order chi connectivity index (χ0) is 20.6. The maximum absolute atomic E-state index is 12.7. The molecule has 6 nitrogen and oxygen atoms in total. The first-order valence-corrected chi connectivity index (χ1v) is 10.5. The fourth-order valence-corrected chi connectivity index (χ4v) is 4.03. The van der Waals surface area contributed by atoms with E-state index in [1.165, 1.54) is 12.0 Å². The largest absolute Gasteiger partial charge is 0.496 e. The molecule has 1 atom stereocenters. The van der Waals surface area contributed by atoms with E-state index in [2.05, 4.69) is 27.0 Å². The van der Waals surface area contributed by atoms with E-state index in [4.69, 9.17) is 4.74 Å². The van der Waals surface area contributed by atoms with E-state index >= 15 is 0 Å². The molecule has 2 aromatic rings. The summed E-state index contributed by atoms with van der Waals surface area (Å²) in [5.41, 5.74) is 1.81. The van der Waals surface area contributed by atoms with Crippen molar-refractivity contribution in [2.45, 2.75) is 32.6 Å². The van der Waals surface area contributed by atoms with Gasteiger partial charge in [-0.15, -0.1) is 0 Å². The number of rotatable bonds is 8. The van der Waals surface area contributed by atoms with Crippen LogP contribution in [-0.2, 0) is 12.8 Å². The van der Waals surface area contributed by atoms with E-state index in [0.29, 0.717) is 11.5 Å². The fourth-order valence-electron chi connectivity index (χ4n) is 4.03. The number of hydrogen-bond donors (Lipinski definition) is 0. The molecule has 29 heavy (non-hydrogen) atoms. The second kappa shape index (κ2) is 10.3. The zero-order valence-corrected chi connectivity index (χ0v) is 17.8. The predicted octanol–water partition coefficient (Wildman–Crippen LogP) is 3.07. The van der Waals surface area contributed by atoms with Crippen molar-refractivity contribution >= 4 is 5.91 Å². The molecule has 0 bridgehead atoms. The van der Waals surface area contributed by atoms with Crippen molar-refractivity contribution in [3.05, 3.63) is 53.6 Å². The van der Waals surface area contributed by atoms with E-state index in [1.807, 2.05) is 31.0 Å². The number of carbonyl (C=O) groups is 1. The molecular weight excluding hydrogens is 364 g/mol. The summed E-state index contributed by atoms with van der Waals surface area (Å²) in [4.78, 5) is 25.5. The summed E-state index contributed by atoms with van der Waals surface area (Å²) in [6, 6.07) is 8.23. The van der Waals surface area contributed by atoms with E-state index in [9.17, 15) is 4.79 Å². The van der Waals surface area contributed by atoms with Crippen molar-refractivity contribution < 1.29 is 9.53 Å². The Kier molecular flexibility index (Phi) is 7.58. The van der Waals surface area contributed by atoms with Crippen LogP contribution in [0.2, 0.25) is 0 Å². The number of para-hydroxylation sites is 1. The molecule has 0 N–H and O–H groups in total. The van der Waals surface area contributed by atoms with Crippen LogP contribution in [0.25, 0.3) is 0 Å². The highest BCUT2D eigenvalue weighted by atomic mass is 16.5. The molecule has 6 heteroatoms. The second-order valence-corrected chi connectivity index (χ2v) is 7.80. The van der Waals surface area contributed by atoms with Crippen LogP contribution in [-0.4, -0.2) is 66.0 Å². The van der Waals surface area contributed by atoms with Gasteiger partial charge in [0.25, 0.3) is 5.91 Å². The lowest BCUT2D eigenvalue weighted by Gasteiger charge is -2.34. The van der Waals surface area contributed by atoms with Crippen LogP contribution in [0.5, 0.6) is 5.75 Å². The van der Waals surface area contributed by atoms with Crippen molar-refractivity contribution in [3.63, 3.8) is 0 Å². The lowest BCUT2D eigenvalue weighted by Crippen LogP contribution is -2.42. The molecule has 0 spiro atoms. The molecule has 2 heterocycles. The first-order chi connectivity index (χ1) is 14.1. The quantitative estimate of drug-likeness (QED) is 0.686. The number of methoxy groups -OCH3 is 1. The summed E-state index contributed by atoms with van der Waals surface area (Å²) in [6.45, 7) is 5.93. The molecule has 1 aromatic heterocycles. The van der Waals surface area contributed by atoms with Gasteiger partial charge in [-0.25, -0.2) is 9.97 Å². The molecular formula is C23H32N4O2. The Balaban J connectivity index is 1.51. The summed E-state index contributed by atoms with van der Waals surface area (Å²) in [5.74, 6) is 2.22. The van der Waals surface area contributed by atoms with Gasteiger partial charge in [-0.3, -0.25) is 4.79 Å². The zero-order valence-electron chi connectivity index (χ0n) is 17.8. The summed E-state index contributed by atoms with van der Waals surface area (Å²) >= 11 is 0. The average molecular weight is 397 g/mol. The Bertz CT molecular complexity index is 794. The van der Waals surface area contributed by atoms with Gasteiger partial charge >= 0.3 is 0 Å². The molecule has 0 saturated carbocycles. The molecule has 3 rings (SSSR count). The third kappa shape index (κ3) is 5.76. The van der Waals surface area contributed by atoms with Crippen LogP contribution in [0.1, 0.15) is 41.5 Å². The van der Waals surface area contributed by atoms with E-state index in [1.54, 1.807) is 19.5 Å². The third-order valence-electron chi connectivity index (χ3n) is 5.64. The van der Waals surface area contributed by atoms with Crippen molar-refractivity contribution in [3.8, 4) is 5.75 Å². The minimum Gasteiger partial charge on any atom is -0.496 e. The Hall–Kier alpha value is -2.47. The first kappa shape index (κ1) is 21.2. The summed E-state index contributed by atoms with van der Waals surface area (Å²) in [7, 11) is 3.60. The Morgan fingerprint density at radius 1 is 1.28 bits per heavy atom. The van der Waals surface area contributed by atoms with Gasteiger partial charge in [-0.1, -0.05) is 25.1 Å². The molecule has 156 valence electrons. The van der Waals surface area contributed by atoms with Crippen LogP contribution in [0.15, 0.2) is 36.7 Å². The highest BCUT2D eigenvalue weighted by molar-refractivity contribution is 5.93. The molecule has 1 fully saturated rings. The van der Waals surface area contributed by atoms with Gasteiger partial charge in [0.1, 0.15) is 11.6 Å². The number of hydrogen-bond acceptors (Lipinski definition) is 5. The number of amides is 1. The summed E-state index contributed by atoms with van der Waals surface area (Å²) < 4.78 is 5.47. The number of benzene rings is 1. The standard InChI is InChI=1S/C23H32N4O2/c1-4-22-24-14-20(15-25-22)23(28)26(2)16-18-8-7-12-27(17-18)13-11-19-9-5-6-10-21(19)29-3/h5-6,9-10,14-15,18H,4,7-8,11-13,16-17H2,1-3H3/t18-/m1/s1. The van der Waals surface area contributed by atoms with Crippen LogP contribution < -0.4 is 4.74 Å². The van der Waals surface area contributed by atoms with Crippen molar-refractivity contribution in [1.29, 1.82) is 0 Å². The Labute approximate surface area is 173 Å². The van der Waals surface area contributed by atoms with Crippen LogP contribution in [0, 0.1) is 5.92 Å². The summed E-state index contributed by atoms with van der Waals surface area (Å²) in [6.07, 6.45) is 7.38. The normalized spacial score (nSPS) is 17.1. The minimum atomic E-state index is -0.00111. The third-order valence-corrected chi connectivity index (χ3v) is 5.64. The number of carbonyl (C=O) groups excluding carboxylic acids is 1. The van der Waals surface area contributed by atoms with Gasteiger partial charge < -0.3 is 14.5 Å². The number of aryl methyl sites for hydroxylation is 1. The molecule has 1 amide bonds.